The van der Waals surface area contributed by atoms with Crippen molar-refractivity contribution in [2.75, 3.05) is 6.61 Å². The maximum atomic E-state index is 12.3. The van der Waals surface area contributed by atoms with Gasteiger partial charge in [0, 0.05) is 15.1 Å². The molecule has 0 saturated carbocycles. The molecule has 3 rings (SSSR count). The monoisotopic (exact) mass is 466 g/mol. The molecule has 1 amide bonds. The van der Waals surface area contributed by atoms with Crippen LogP contribution >= 0.6 is 39.3 Å². The summed E-state index contributed by atoms with van der Waals surface area (Å²) in [7, 11) is 0. The molecular weight excluding hydrogens is 452 g/mol. The predicted octanol–water partition coefficient (Wildman–Crippen LogP) is 5.41. The van der Waals surface area contributed by atoms with Crippen LogP contribution in [0.1, 0.15) is 18.1 Å². The van der Waals surface area contributed by atoms with Gasteiger partial charge >= 0.3 is 0 Å². The number of hydrogen-bond acceptors (Lipinski definition) is 5. The molecule has 0 bridgehead atoms. The first-order chi connectivity index (χ1) is 12.9. The number of amides is 1. The van der Waals surface area contributed by atoms with E-state index in [1.54, 1.807) is 24.3 Å². The summed E-state index contributed by atoms with van der Waals surface area (Å²) in [5.74, 6) is 0.0521. The number of halogens is 2. The second-order valence-electron chi connectivity index (χ2n) is 5.69. The predicted molar refractivity (Wildman–Crippen MR) is 114 cm³/mol. The van der Waals surface area contributed by atoms with Gasteiger partial charge < -0.3 is 15.2 Å². The molecule has 0 aromatic heterocycles. The van der Waals surface area contributed by atoms with Crippen molar-refractivity contribution in [1.82, 2.24) is 5.32 Å². The van der Waals surface area contributed by atoms with Crippen LogP contribution in [0.5, 0.6) is 11.5 Å². The highest BCUT2D eigenvalue weighted by atomic mass is 79.9. The van der Waals surface area contributed by atoms with E-state index < -0.39 is 0 Å². The van der Waals surface area contributed by atoms with E-state index in [1.165, 1.54) is 11.8 Å². The molecule has 0 spiro atoms. The number of phenols is 1. The lowest BCUT2D eigenvalue weighted by atomic mass is 10.1. The summed E-state index contributed by atoms with van der Waals surface area (Å²) in [5, 5.41) is 14.2. The van der Waals surface area contributed by atoms with Crippen LogP contribution in [0.25, 0.3) is 6.08 Å². The van der Waals surface area contributed by atoms with Crippen LogP contribution in [0, 0.1) is 6.92 Å². The number of aromatic hydroxyl groups is 1. The van der Waals surface area contributed by atoms with Gasteiger partial charge in [-0.2, -0.15) is 0 Å². The lowest BCUT2D eigenvalue weighted by Gasteiger charge is -2.09. The topological polar surface area (TPSA) is 70.9 Å². The van der Waals surface area contributed by atoms with Crippen LogP contribution in [0.3, 0.4) is 0 Å². The number of hydrogen-bond donors (Lipinski definition) is 2. The molecule has 27 heavy (non-hydrogen) atoms. The molecule has 2 aromatic carbocycles. The Morgan fingerprint density at radius 2 is 2.15 bits per heavy atom. The van der Waals surface area contributed by atoms with Gasteiger partial charge in [0.1, 0.15) is 0 Å². The second-order valence-corrected chi connectivity index (χ2v) is 8.04. The SMILES string of the molecule is CCOc1cc(Br)cc(/C=C2\SC(=Nc3ccc(C)c(Cl)c3)NC2=O)c1O. The number of carbonyl (C=O) groups excluding carboxylic acids is 1. The lowest BCUT2D eigenvalue weighted by molar-refractivity contribution is -0.115. The highest BCUT2D eigenvalue weighted by molar-refractivity contribution is 9.10. The summed E-state index contributed by atoms with van der Waals surface area (Å²) in [6, 6.07) is 8.84. The van der Waals surface area contributed by atoms with Gasteiger partial charge in [0.05, 0.1) is 17.2 Å². The molecule has 1 heterocycles. The first kappa shape index (κ1) is 19.8. The zero-order chi connectivity index (χ0) is 19.6. The number of carbonyl (C=O) groups is 1. The minimum Gasteiger partial charge on any atom is -0.504 e. The van der Waals surface area contributed by atoms with E-state index in [4.69, 9.17) is 16.3 Å². The van der Waals surface area contributed by atoms with E-state index in [0.29, 0.717) is 38.7 Å². The maximum Gasteiger partial charge on any atom is 0.264 e. The number of nitrogens with one attached hydrogen (secondary N) is 1. The minimum atomic E-state index is -0.283. The largest absolute Gasteiger partial charge is 0.504 e. The van der Waals surface area contributed by atoms with Crippen LogP contribution in [0.2, 0.25) is 5.02 Å². The normalized spacial score (nSPS) is 16.8. The lowest BCUT2D eigenvalue weighted by Crippen LogP contribution is -2.19. The standard InChI is InChI=1S/C19H16BrClN2O3S/c1-3-26-15-8-12(20)6-11(17(15)24)7-16-18(25)23-19(27-16)22-13-5-4-10(2)14(21)9-13/h4-9,24H,3H2,1-2H3,(H,22,23,25)/b16-7-. The van der Waals surface area contributed by atoms with Gasteiger partial charge in [-0.25, -0.2) is 4.99 Å². The average Bonchev–Trinajstić information content (AvgIpc) is 2.94. The molecule has 0 atom stereocenters. The van der Waals surface area contributed by atoms with Crippen LogP contribution in [0.15, 0.2) is 44.7 Å². The fourth-order valence-electron chi connectivity index (χ4n) is 2.36. The summed E-state index contributed by atoms with van der Waals surface area (Å²) >= 11 is 10.7. The summed E-state index contributed by atoms with van der Waals surface area (Å²) in [5.41, 5.74) is 2.09. The molecule has 2 aromatic rings. The number of aliphatic imine (C=N–C) groups is 1. The molecule has 8 heteroatoms. The van der Waals surface area contributed by atoms with Crippen molar-refractivity contribution >= 4 is 62.1 Å². The Balaban J connectivity index is 1.89. The zero-order valence-electron chi connectivity index (χ0n) is 14.5. The number of benzene rings is 2. The van der Waals surface area contributed by atoms with Crippen molar-refractivity contribution in [1.29, 1.82) is 0 Å². The Kier molecular flexibility index (Phi) is 6.14. The van der Waals surface area contributed by atoms with Crippen molar-refractivity contribution in [2.45, 2.75) is 13.8 Å². The number of rotatable bonds is 4. The number of phenolic OH excluding ortho intramolecular Hbond substituents is 1. The number of aryl methyl sites for hydroxylation is 1. The first-order valence-electron chi connectivity index (χ1n) is 8.08. The Bertz CT molecular complexity index is 976. The fourth-order valence-corrected chi connectivity index (χ4v) is 3.82. The number of nitrogens with zero attached hydrogens (tertiary/aromatic N) is 1. The van der Waals surface area contributed by atoms with E-state index in [2.05, 4.69) is 26.2 Å². The third kappa shape index (κ3) is 4.66. The maximum absolute atomic E-state index is 12.3. The fraction of sp³-hybridized carbons (Fsp3) is 0.158. The molecule has 1 saturated heterocycles. The Labute approximate surface area is 174 Å². The van der Waals surface area contributed by atoms with E-state index in [1.807, 2.05) is 26.0 Å². The quantitative estimate of drug-likeness (QED) is 0.590. The summed E-state index contributed by atoms with van der Waals surface area (Å²) in [6.07, 6.45) is 1.60. The van der Waals surface area contributed by atoms with Crippen molar-refractivity contribution in [3.05, 3.63) is 55.9 Å². The molecular formula is C19H16BrClN2O3S. The molecule has 0 aliphatic carbocycles. The smallest absolute Gasteiger partial charge is 0.264 e. The third-order valence-corrected chi connectivity index (χ3v) is 5.47. The summed E-state index contributed by atoms with van der Waals surface area (Å²) in [4.78, 5) is 17.1. The Hall–Kier alpha value is -1.96. The van der Waals surface area contributed by atoms with E-state index in [0.717, 1.165) is 10.0 Å². The highest BCUT2D eigenvalue weighted by Gasteiger charge is 2.24. The van der Waals surface area contributed by atoms with E-state index in [9.17, 15) is 9.90 Å². The molecule has 0 radical (unpaired) electrons. The summed E-state index contributed by atoms with van der Waals surface area (Å²) < 4.78 is 6.16. The van der Waals surface area contributed by atoms with Gasteiger partial charge in [-0.05, 0) is 61.5 Å². The molecule has 1 aliphatic heterocycles. The number of ether oxygens (including phenoxy) is 1. The second kappa shape index (κ2) is 8.37. The van der Waals surface area contributed by atoms with Crippen LogP contribution in [-0.4, -0.2) is 22.8 Å². The van der Waals surface area contributed by atoms with Crippen LogP contribution < -0.4 is 10.1 Å². The van der Waals surface area contributed by atoms with Crippen molar-refractivity contribution < 1.29 is 14.6 Å². The minimum absolute atomic E-state index is 0.0170. The molecule has 2 N–H and O–H groups in total. The van der Waals surface area contributed by atoms with Gasteiger partial charge in [0.15, 0.2) is 16.7 Å². The molecule has 1 aliphatic rings. The molecule has 140 valence electrons. The van der Waals surface area contributed by atoms with Crippen LogP contribution in [0.4, 0.5) is 5.69 Å². The van der Waals surface area contributed by atoms with Gasteiger partial charge in [-0.1, -0.05) is 33.6 Å². The van der Waals surface area contributed by atoms with Gasteiger partial charge in [-0.3, -0.25) is 4.79 Å². The van der Waals surface area contributed by atoms with Gasteiger partial charge in [0.25, 0.3) is 5.91 Å². The molecule has 0 unspecified atom stereocenters. The zero-order valence-corrected chi connectivity index (χ0v) is 17.7. The first-order valence-corrected chi connectivity index (χ1v) is 10.1. The molecule has 1 fully saturated rings. The van der Waals surface area contributed by atoms with Gasteiger partial charge in [0.2, 0.25) is 0 Å². The average molecular weight is 468 g/mol. The highest BCUT2D eigenvalue weighted by Crippen LogP contribution is 2.37. The van der Waals surface area contributed by atoms with Crippen molar-refractivity contribution in [3.63, 3.8) is 0 Å². The Morgan fingerprint density at radius 1 is 1.37 bits per heavy atom. The van der Waals surface area contributed by atoms with Crippen molar-refractivity contribution in [3.8, 4) is 11.5 Å². The number of thioether (sulfide) groups is 1. The molecule has 5 nitrogen and oxygen atoms in total. The van der Waals surface area contributed by atoms with Crippen LogP contribution in [-0.2, 0) is 4.79 Å². The summed E-state index contributed by atoms with van der Waals surface area (Å²) in [6.45, 7) is 4.16. The van der Waals surface area contributed by atoms with E-state index in [-0.39, 0.29) is 11.7 Å². The third-order valence-electron chi connectivity index (χ3n) is 3.69. The van der Waals surface area contributed by atoms with Crippen molar-refractivity contribution in [2.24, 2.45) is 4.99 Å². The number of amidine groups is 1. The van der Waals surface area contributed by atoms with Gasteiger partial charge in [-0.15, -0.1) is 0 Å². The Morgan fingerprint density at radius 3 is 2.85 bits per heavy atom. The van der Waals surface area contributed by atoms with E-state index >= 15 is 0 Å².